The van der Waals surface area contributed by atoms with Gasteiger partial charge in [-0.1, -0.05) is 35.3 Å². The van der Waals surface area contributed by atoms with Crippen molar-refractivity contribution in [2.24, 2.45) is 4.99 Å². The van der Waals surface area contributed by atoms with Crippen molar-refractivity contribution in [1.29, 1.82) is 0 Å². The molecule has 2 aromatic rings. The molecule has 0 atom stereocenters. The first kappa shape index (κ1) is 17.1. The van der Waals surface area contributed by atoms with E-state index in [-0.39, 0.29) is 17.3 Å². The molecule has 1 aliphatic heterocycles. The van der Waals surface area contributed by atoms with Crippen LogP contribution in [0, 0.1) is 17.0 Å². The fourth-order valence-electron chi connectivity index (χ4n) is 2.26. The molecule has 0 fully saturated rings. The summed E-state index contributed by atoms with van der Waals surface area (Å²) in [4.78, 5) is 26.7. The van der Waals surface area contributed by atoms with Gasteiger partial charge in [0.1, 0.15) is 0 Å². The molecule has 0 amide bonds. The van der Waals surface area contributed by atoms with Gasteiger partial charge in [0.15, 0.2) is 5.70 Å². The first-order valence-electron chi connectivity index (χ1n) is 7.09. The maximum absolute atomic E-state index is 12.0. The van der Waals surface area contributed by atoms with Crippen LogP contribution in [0.4, 0.5) is 5.69 Å². The van der Waals surface area contributed by atoms with Crippen LogP contribution in [0.1, 0.15) is 16.7 Å². The number of carbonyl (C=O) groups is 1. The Morgan fingerprint density at radius 3 is 2.52 bits per heavy atom. The summed E-state index contributed by atoms with van der Waals surface area (Å²) in [6, 6.07) is 9.42. The number of nitro groups is 1. The van der Waals surface area contributed by atoms with E-state index in [1.807, 2.05) is 0 Å². The van der Waals surface area contributed by atoms with Crippen molar-refractivity contribution in [2.75, 3.05) is 0 Å². The van der Waals surface area contributed by atoms with E-state index in [0.29, 0.717) is 26.7 Å². The zero-order chi connectivity index (χ0) is 18.1. The summed E-state index contributed by atoms with van der Waals surface area (Å²) >= 11 is 12.2. The van der Waals surface area contributed by atoms with Crippen LogP contribution >= 0.6 is 23.2 Å². The van der Waals surface area contributed by atoms with E-state index in [1.165, 1.54) is 12.1 Å². The van der Waals surface area contributed by atoms with Gasteiger partial charge in [-0.15, -0.1) is 0 Å². The number of carbonyl (C=O) groups excluding carboxylic acids is 1. The predicted octanol–water partition coefficient (Wildman–Crippen LogP) is 4.55. The quantitative estimate of drug-likeness (QED) is 0.340. The van der Waals surface area contributed by atoms with Crippen molar-refractivity contribution >= 4 is 46.8 Å². The number of benzene rings is 2. The van der Waals surface area contributed by atoms with E-state index in [0.717, 1.165) is 0 Å². The zero-order valence-corrected chi connectivity index (χ0v) is 14.3. The Bertz CT molecular complexity index is 947. The average Bonchev–Trinajstić information content (AvgIpc) is 2.92. The predicted molar refractivity (Wildman–Crippen MR) is 94.9 cm³/mol. The normalized spacial score (nSPS) is 15.2. The summed E-state index contributed by atoms with van der Waals surface area (Å²) in [6.45, 7) is 1.62. The molecular weight excluding hydrogens is 367 g/mol. The highest BCUT2D eigenvalue weighted by molar-refractivity contribution is 6.37. The lowest BCUT2D eigenvalue weighted by atomic mass is 10.1. The fraction of sp³-hybridized carbons (Fsp3) is 0.0588. The minimum Gasteiger partial charge on any atom is -0.402 e. The lowest BCUT2D eigenvalue weighted by Crippen LogP contribution is -2.06. The number of nitro benzene ring substituents is 1. The summed E-state index contributed by atoms with van der Waals surface area (Å²) < 4.78 is 5.12. The van der Waals surface area contributed by atoms with E-state index in [4.69, 9.17) is 27.9 Å². The molecule has 0 aromatic heterocycles. The molecule has 1 aliphatic rings. The average molecular weight is 377 g/mol. The number of halogens is 2. The molecule has 2 aromatic carbocycles. The van der Waals surface area contributed by atoms with Gasteiger partial charge in [-0.2, -0.15) is 0 Å². The highest BCUT2D eigenvalue weighted by atomic mass is 35.5. The largest absolute Gasteiger partial charge is 0.402 e. The minimum atomic E-state index is -0.686. The number of cyclic esters (lactones) is 1. The smallest absolute Gasteiger partial charge is 0.363 e. The van der Waals surface area contributed by atoms with Gasteiger partial charge in [0.2, 0.25) is 5.90 Å². The summed E-state index contributed by atoms with van der Waals surface area (Å²) in [5.74, 6) is -0.697. The van der Waals surface area contributed by atoms with E-state index in [9.17, 15) is 14.9 Å². The molecule has 25 heavy (non-hydrogen) atoms. The van der Waals surface area contributed by atoms with Crippen LogP contribution in [0.15, 0.2) is 47.1 Å². The van der Waals surface area contributed by atoms with E-state index >= 15 is 0 Å². The second-order valence-electron chi connectivity index (χ2n) is 5.23. The van der Waals surface area contributed by atoms with Gasteiger partial charge in [0.25, 0.3) is 5.69 Å². The van der Waals surface area contributed by atoms with Gasteiger partial charge in [-0.25, -0.2) is 9.79 Å². The standard InChI is InChI=1S/C17H10Cl2N2O4/c1-9-5-6-10(7-15(9)21(23)24)16-20-14(17(22)25-16)8-11-12(18)3-2-4-13(11)19/h2-8H,1H3. The Balaban J connectivity index is 2.03. The van der Waals surface area contributed by atoms with E-state index in [2.05, 4.69) is 4.99 Å². The summed E-state index contributed by atoms with van der Waals surface area (Å²) in [5.41, 5.74) is 1.20. The molecule has 0 unspecified atom stereocenters. The first-order chi connectivity index (χ1) is 11.9. The molecule has 0 aliphatic carbocycles. The second kappa shape index (κ2) is 6.66. The second-order valence-corrected chi connectivity index (χ2v) is 6.04. The van der Waals surface area contributed by atoms with Crippen LogP contribution in [0.5, 0.6) is 0 Å². The van der Waals surface area contributed by atoms with Gasteiger partial charge in [0, 0.05) is 32.8 Å². The van der Waals surface area contributed by atoms with Crippen molar-refractivity contribution in [1.82, 2.24) is 0 Å². The van der Waals surface area contributed by atoms with Gasteiger partial charge >= 0.3 is 5.97 Å². The molecule has 6 nitrogen and oxygen atoms in total. The molecule has 126 valence electrons. The van der Waals surface area contributed by atoms with Crippen LogP contribution in [0.3, 0.4) is 0 Å². The Kier molecular flexibility index (Phi) is 4.57. The maximum atomic E-state index is 12.0. The number of nitrogens with zero attached hydrogens (tertiary/aromatic N) is 2. The lowest BCUT2D eigenvalue weighted by Gasteiger charge is -2.01. The summed E-state index contributed by atoms with van der Waals surface area (Å²) in [7, 11) is 0. The zero-order valence-electron chi connectivity index (χ0n) is 12.8. The molecule has 3 rings (SSSR count). The summed E-state index contributed by atoms with van der Waals surface area (Å²) in [6.07, 6.45) is 1.42. The van der Waals surface area contributed by atoms with Crippen LogP contribution in [-0.2, 0) is 9.53 Å². The highest BCUT2D eigenvalue weighted by Crippen LogP contribution is 2.29. The lowest BCUT2D eigenvalue weighted by molar-refractivity contribution is -0.385. The van der Waals surface area contributed by atoms with Crippen LogP contribution in [0.2, 0.25) is 10.0 Å². The Hall–Kier alpha value is -2.70. The third-order valence-corrected chi connectivity index (χ3v) is 4.21. The van der Waals surface area contributed by atoms with Gasteiger partial charge < -0.3 is 4.74 Å². The third-order valence-electron chi connectivity index (χ3n) is 3.55. The molecule has 0 spiro atoms. The van der Waals surface area contributed by atoms with Crippen LogP contribution in [0.25, 0.3) is 6.08 Å². The molecule has 1 heterocycles. The third kappa shape index (κ3) is 3.40. The number of rotatable bonds is 3. The molecule has 0 saturated carbocycles. The number of esters is 1. The van der Waals surface area contributed by atoms with Crippen molar-refractivity contribution in [3.63, 3.8) is 0 Å². The summed E-state index contributed by atoms with van der Waals surface area (Å²) in [5, 5.41) is 11.8. The van der Waals surface area contributed by atoms with Gasteiger partial charge in [-0.05, 0) is 31.2 Å². The molecule has 0 radical (unpaired) electrons. The molecule has 8 heteroatoms. The Morgan fingerprint density at radius 2 is 1.88 bits per heavy atom. The first-order valence-corrected chi connectivity index (χ1v) is 7.84. The van der Waals surface area contributed by atoms with Crippen molar-refractivity contribution in [2.45, 2.75) is 6.92 Å². The number of hydrogen-bond acceptors (Lipinski definition) is 5. The van der Waals surface area contributed by atoms with Crippen molar-refractivity contribution < 1.29 is 14.5 Å². The SMILES string of the molecule is Cc1ccc(C2=NC(=Cc3c(Cl)cccc3Cl)C(=O)O2)cc1[N+](=O)[O-]. The van der Waals surface area contributed by atoms with E-state index in [1.54, 1.807) is 37.3 Å². The minimum absolute atomic E-state index is 0.00762. The maximum Gasteiger partial charge on any atom is 0.363 e. The highest BCUT2D eigenvalue weighted by Gasteiger charge is 2.26. The number of aliphatic imine (C=N–C) groups is 1. The van der Waals surface area contributed by atoms with Crippen LogP contribution in [-0.4, -0.2) is 16.8 Å². The number of aryl methyl sites for hydroxylation is 1. The van der Waals surface area contributed by atoms with Gasteiger partial charge in [-0.3, -0.25) is 10.1 Å². The Morgan fingerprint density at radius 1 is 1.20 bits per heavy atom. The van der Waals surface area contributed by atoms with Crippen molar-refractivity contribution in [3.8, 4) is 0 Å². The molecular formula is C17H10Cl2N2O4. The monoisotopic (exact) mass is 376 g/mol. The number of ether oxygens (including phenoxy) is 1. The molecule has 0 N–H and O–H groups in total. The van der Waals surface area contributed by atoms with Gasteiger partial charge in [0.05, 0.1) is 4.92 Å². The van der Waals surface area contributed by atoms with Crippen LogP contribution < -0.4 is 0 Å². The van der Waals surface area contributed by atoms with Crippen molar-refractivity contribution in [3.05, 3.63) is 78.9 Å². The fourth-order valence-corrected chi connectivity index (χ4v) is 2.76. The Labute approximate surface area is 152 Å². The van der Waals surface area contributed by atoms with E-state index < -0.39 is 10.9 Å². The topological polar surface area (TPSA) is 81.8 Å². The number of hydrogen-bond donors (Lipinski definition) is 0. The molecule has 0 bridgehead atoms. The molecule has 0 saturated heterocycles.